The van der Waals surface area contributed by atoms with Crippen LogP contribution in [0.2, 0.25) is 0 Å². The highest BCUT2D eigenvalue weighted by atomic mass is 79.9. The number of alkyl halides is 4. The summed E-state index contributed by atoms with van der Waals surface area (Å²) in [4.78, 5) is 5.55. The van der Waals surface area contributed by atoms with E-state index in [1.54, 1.807) is 4.90 Å². The summed E-state index contributed by atoms with van der Waals surface area (Å²) in [7, 11) is 0. The molecule has 2 unspecified atom stereocenters. The van der Waals surface area contributed by atoms with Crippen molar-refractivity contribution in [3.63, 3.8) is 0 Å². The molecule has 7 heteroatoms. The molecule has 0 N–H and O–H groups in total. The topological polar surface area (TPSA) is 16.1 Å². The lowest BCUT2D eigenvalue weighted by Crippen LogP contribution is -2.41. The van der Waals surface area contributed by atoms with Crippen molar-refractivity contribution in [2.45, 2.75) is 24.9 Å². The third-order valence-corrected chi connectivity index (χ3v) is 4.31. The smallest absolute Gasteiger partial charge is 0.355 e. The molecule has 2 heterocycles. The molecule has 0 radical (unpaired) electrons. The molecule has 1 aliphatic rings. The average molecular weight is 358 g/mol. The summed E-state index contributed by atoms with van der Waals surface area (Å²) in [5.41, 5.74) is -0.722. The van der Waals surface area contributed by atoms with Crippen LogP contribution >= 0.6 is 27.5 Å². The average Bonchev–Trinajstić information content (AvgIpc) is 2.32. The van der Waals surface area contributed by atoms with E-state index in [9.17, 15) is 13.2 Å². The Kier molecular flexibility index (Phi) is 4.30. The molecule has 1 saturated heterocycles. The van der Waals surface area contributed by atoms with Crippen LogP contribution in [0.3, 0.4) is 0 Å². The van der Waals surface area contributed by atoms with Gasteiger partial charge in [-0.2, -0.15) is 13.2 Å². The molecule has 0 amide bonds. The number of pyridine rings is 1. The van der Waals surface area contributed by atoms with Crippen molar-refractivity contribution in [3.05, 3.63) is 22.3 Å². The fourth-order valence-corrected chi connectivity index (χ4v) is 2.73. The van der Waals surface area contributed by atoms with Gasteiger partial charge in [-0.05, 0) is 34.3 Å². The zero-order chi connectivity index (χ0) is 14.2. The zero-order valence-corrected chi connectivity index (χ0v) is 12.6. The van der Waals surface area contributed by atoms with Gasteiger partial charge in [0.05, 0.1) is 10.9 Å². The minimum absolute atomic E-state index is 0.0340. The van der Waals surface area contributed by atoms with Crippen LogP contribution in [0.1, 0.15) is 18.9 Å². The van der Waals surface area contributed by atoms with Gasteiger partial charge in [-0.1, -0.05) is 6.92 Å². The van der Waals surface area contributed by atoms with Crippen molar-refractivity contribution in [1.82, 2.24) is 4.98 Å². The molecule has 0 bridgehead atoms. The lowest BCUT2D eigenvalue weighted by molar-refractivity contribution is -0.137. The highest BCUT2D eigenvalue weighted by molar-refractivity contribution is 9.10. The predicted molar refractivity (Wildman–Crippen MR) is 72.6 cm³/mol. The molecule has 0 aliphatic carbocycles. The summed E-state index contributed by atoms with van der Waals surface area (Å²) >= 11 is 9.18. The van der Waals surface area contributed by atoms with Crippen molar-refractivity contribution in [2.24, 2.45) is 5.92 Å². The van der Waals surface area contributed by atoms with Crippen LogP contribution in [0.4, 0.5) is 19.0 Å². The van der Waals surface area contributed by atoms with E-state index in [1.807, 2.05) is 6.92 Å². The van der Waals surface area contributed by atoms with E-state index < -0.39 is 11.7 Å². The third kappa shape index (κ3) is 3.34. The van der Waals surface area contributed by atoms with Crippen LogP contribution in [0, 0.1) is 5.92 Å². The summed E-state index contributed by atoms with van der Waals surface area (Å²) < 4.78 is 39.4. The maximum atomic E-state index is 13.0. The molecular formula is C12H13BrClF3N2. The number of piperidine rings is 1. The Bertz CT molecular complexity index is 467. The second kappa shape index (κ2) is 5.48. The SMILES string of the molecule is CC1CCN(c2ncc(Br)cc2C(F)(F)F)CC1Cl. The quantitative estimate of drug-likeness (QED) is 0.696. The molecule has 1 aromatic heterocycles. The first-order valence-electron chi connectivity index (χ1n) is 5.91. The van der Waals surface area contributed by atoms with Gasteiger partial charge in [-0.3, -0.25) is 0 Å². The number of anilines is 1. The molecule has 2 nitrogen and oxygen atoms in total. The number of halogens is 5. The molecule has 19 heavy (non-hydrogen) atoms. The van der Waals surface area contributed by atoms with Crippen LogP contribution in [-0.2, 0) is 6.18 Å². The maximum Gasteiger partial charge on any atom is 0.419 e. The molecule has 1 fully saturated rings. The lowest BCUT2D eigenvalue weighted by atomic mass is 9.98. The highest BCUT2D eigenvalue weighted by Gasteiger charge is 2.37. The van der Waals surface area contributed by atoms with E-state index >= 15 is 0 Å². The maximum absolute atomic E-state index is 13.0. The van der Waals surface area contributed by atoms with E-state index in [-0.39, 0.29) is 11.2 Å². The second-order valence-corrected chi connectivity index (χ2v) is 6.23. The summed E-state index contributed by atoms with van der Waals surface area (Å²) in [6.45, 7) is 2.94. The van der Waals surface area contributed by atoms with Crippen LogP contribution in [0.25, 0.3) is 0 Å². The third-order valence-electron chi connectivity index (χ3n) is 3.30. The van der Waals surface area contributed by atoms with Gasteiger partial charge in [0.1, 0.15) is 5.82 Å². The molecule has 2 atom stereocenters. The molecule has 1 aromatic rings. The standard InChI is InChI=1S/C12H13BrClF3N2/c1-7-2-3-19(6-10(7)14)11-9(12(15,16)17)4-8(13)5-18-11/h4-5,7,10H,2-3,6H2,1H3. The lowest BCUT2D eigenvalue weighted by Gasteiger charge is -2.35. The van der Waals surface area contributed by atoms with Gasteiger partial charge in [0, 0.05) is 23.8 Å². The van der Waals surface area contributed by atoms with Crippen LogP contribution in [0.5, 0.6) is 0 Å². The number of hydrogen-bond acceptors (Lipinski definition) is 2. The molecule has 0 saturated carbocycles. The van der Waals surface area contributed by atoms with Crippen molar-refractivity contribution in [1.29, 1.82) is 0 Å². The van der Waals surface area contributed by atoms with E-state index in [1.165, 1.54) is 6.20 Å². The minimum atomic E-state index is -4.42. The zero-order valence-electron chi connectivity index (χ0n) is 10.2. The second-order valence-electron chi connectivity index (χ2n) is 4.75. The van der Waals surface area contributed by atoms with Crippen LogP contribution < -0.4 is 4.90 Å². The minimum Gasteiger partial charge on any atom is -0.355 e. The Morgan fingerprint density at radius 3 is 2.74 bits per heavy atom. The summed E-state index contributed by atoms with van der Waals surface area (Å²) in [6, 6.07) is 1.06. The molecule has 0 aromatic carbocycles. The predicted octanol–water partition coefficient (Wildman–Crippen LogP) is 4.32. The van der Waals surface area contributed by atoms with Gasteiger partial charge in [0.25, 0.3) is 0 Å². The first-order chi connectivity index (χ1) is 8.79. The normalized spacial score (nSPS) is 24.6. The van der Waals surface area contributed by atoms with Crippen molar-refractivity contribution in [3.8, 4) is 0 Å². The van der Waals surface area contributed by atoms with Crippen molar-refractivity contribution >= 4 is 33.3 Å². The summed E-state index contributed by atoms with van der Waals surface area (Å²) in [6.07, 6.45) is -2.27. The first-order valence-corrected chi connectivity index (χ1v) is 7.13. The first kappa shape index (κ1) is 14.9. The monoisotopic (exact) mass is 356 g/mol. The Balaban J connectivity index is 2.34. The molecule has 106 valence electrons. The van der Waals surface area contributed by atoms with Crippen LogP contribution in [0.15, 0.2) is 16.7 Å². The van der Waals surface area contributed by atoms with E-state index in [0.717, 1.165) is 12.5 Å². The van der Waals surface area contributed by atoms with E-state index in [2.05, 4.69) is 20.9 Å². The summed E-state index contributed by atoms with van der Waals surface area (Å²) in [5, 5.41) is -0.153. The fraction of sp³-hybridized carbons (Fsp3) is 0.583. The highest BCUT2D eigenvalue weighted by Crippen LogP contribution is 2.38. The van der Waals surface area contributed by atoms with Crippen molar-refractivity contribution in [2.75, 3.05) is 18.0 Å². The Labute approximate surface area is 123 Å². The largest absolute Gasteiger partial charge is 0.419 e. The van der Waals surface area contributed by atoms with Gasteiger partial charge < -0.3 is 4.90 Å². The molecule has 1 aliphatic heterocycles. The summed E-state index contributed by atoms with van der Waals surface area (Å²) in [5.74, 6) is 0.274. The van der Waals surface area contributed by atoms with Crippen LogP contribution in [-0.4, -0.2) is 23.5 Å². The Morgan fingerprint density at radius 1 is 1.47 bits per heavy atom. The van der Waals surface area contributed by atoms with Gasteiger partial charge in [0.2, 0.25) is 0 Å². The van der Waals surface area contributed by atoms with E-state index in [4.69, 9.17) is 11.6 Å². The van der Waals surface area contributed by atoms with Gasteiger partial charge in [-0.25, -0.2) is 4.98 Å². The fourth-order valence-electron chi connectivity index (χ4n) is 2.11. The number of aromatic nitrogens is 1. The van der Waals surface area contributed by atoms with Gasteiger partial charge in [0.15, 0.2) is 0 Å². The molecule has 0 spiro atoms. The van der Waals surface area contributed by atoms with Gasteiger partial charge >= 0.3 is 6.18 Å². The number of rotatable bonds is 1. The Morgan fingerprint density at radius 2 is 2.16 bits per heavy atom. The number of hydrogen-bond donors (Lipinski definition) is 0. The van der Waals surface area contributed by atoms with Crippen molar-refractivity contribution < 1.29 is 13.2 Å². The number of nitrogens with zero attached hydrogens (tertiary/aromatic N) is 2. The molecular weight excluding hydrogens is 344 g/mol. The Hall–Kier alpha value is -0.490. The van der Waals surface area contributed by atoms with E-state index in [0.29, 0.717) is 23.5 Å². The van der Waals surface area contributed by atoms with Gasteiger partial charge in [-0.15, -0.1) is 11.6 Å². The molecule has 2 rings (SSSR count).